The zero-order chi connectivity index (χ0) is 12.7. The van der Waals surface area contributed by atoms with Gasteiger partial charge in [-0.1, -0.05) is 12.1 Å². The molecule has 1 N–H and O–H groups in total. The Bertz CT molecular complexity index is 328. The Labute approximate surface area is 105 Å². The molecule has 0 saturated heterocycles. The van der Waals surface area contributed by atoms with E-state index in [1.165, 1.54) is 11.3 Å². The van der Waals surface area contributed by atoms with Crippen LogP contribution in [0.15, 0.2) is 24.3 Å². The van der Waals surface area contributed by atoms with Crippen LogP contribution in [-0.4, -0.2) is 44.8 Å². The van der Waals surface area contributed by atoms with Gasteiger partial charge in [0.25, 0.3) is 0 Å². The molecule has 0 aromatic heterocycles. The number of ether oxygens (including phenoxy) is 1. The summed E-state index contributed by atoms with van der Waals surface area (Å²) in [4.78, 5) is 2.30. The van der Waals surface area contributed by atoms with Crippen molar-refractivity contribution in [1.82, 2.24) is 4.90 Å². The van der Waals surface area contributed by atoms with Gasteiger partial charge in [0.05, 0.1) is 6.61 Å². The van der Waals surface area contributed by atoms with Crippen molar-refractivity contribution in [2.75, 3.05) is 39.2 Å². The Morgan fingerprint density at radius 3 is 2.82 bits per heavy atom. The standard InChI is InChI=1S/C14H24N2O/c1-12-6-5-7-14(10-12)15-11-13(2)16(3)8-9-17-4/h5-7,10,13,15H,8-9,11H2,1-4H3. The number of benzene rings is 1. The highest BCUT2D eigenvalue weighted by Crippen LogP contribution is 2.09. The molecule has 0 heterocycles. The molecule has 0 amide bonds. The van der Waals surface area contributed by atoms with Crippen LogP contribution in [0.2, 0.25) is 0 Å². The van der Waals surface area contributed by atoms with Crippen LogP contribution in [0.3, 0.4) is 0 Å². The molecule has 0 spiro atoms. The van der Waals surface area contributed by atoms with Gasteiger partial charge in [0.2, 0.25) is 0 Å². The van der Waals surface area contributed by atoms with E-state index in [-0.39, 0.29) is 0 Å². The summed E-state index contributed by atoms with van der Waals surface area (Å²) in [5.74, 6) is 0. The van der Waals surface area contributed by atoms with Crippen LogP contribution in [0, 0.1) is 6.92 Å². The van der Waals surface area contributed by atoms with Crippen LogP contribution in [0.4, 0.5) is 5.69 Å². The summed E-state index contributed by atoms with van der Waals surface area (Å²) in [6.07, 6.45) is 0. The molecule has 0 aliphatic heterocycles. The monoisotopic (exact) mass is 236 g/mol. The number of hydrogen-bond donors (Lipinski definition) is 1. The molecule has 1 unspecified atom stereocenters. The van der Waals surface area contributed by atoms with Crippen molar-refractivity contribution in [3.8, 4) is 0 Å². The number of nitrogens with zero attached hydrogens (tertiary/aromatic N) is 1. The highest BCUT2D eigenvalue weighted by molar-refractivity contribution is 5.45. The molecule has 0 aliphatic carbocycles. The minimum atomic E-state index is 0.491. The Morgan fingerprint density at radius 1 is 1.41 bits per heavy atom. The third-order valence-corrected chi connectivity index (χ3v) is 3.02. The lowest BCUT2D eigenvalue weighted by molar-refractivity contribution is 0.146. The van der Waals surface area contributed by atoms with Crippen LogP contribution in [0.25, 0.3) is 0 Å². The smallest absolute Gasteiger partial charge is 0.0589 e. The highest BCUT2D eigenvalue weighted by Gasteiger charge is 2.08. The minimum Gasteiger partial charge on any atom is -0.383 e. The van der Waals surface area contributed by atoms with E-state index >= 15 is 0 Å². The van der Waals surface area contributed by atoms with Gasteiger partial charge in [0.15, 0.2) is 0 Å². The SMILES string of the molecule is COCCN(C)C(C)CNc1cccc(C)c1. The molecule has 1 aromatic carbocycles. The summed E-state index contributed by atoms with van der Waals surface area (Å²) < 4.78 is 5.08. The molecule has 3 heteroatoms. The zero-order valence-corrected chi connectivity index (χ0v) is 11.4. The van der Waals surface area contributed by atoms with Crippen LogP contribution in [0.5, 0.6) is 0 Å². The van der Waals surface area contributed by atoms with E-state index in [9.17, 15) is 0 Å². The van der Waals surface area contributed by atoms with Gasteiger partial charge in [-0.2, -0.15) is 0 Å². The minimum absolute atomic E-state index is 0.491. The molecule has 0 fully saturated rings. The van der Waals surface area contributed by atoms with E-state index in [4.69, 9.17) is 4.74 Å². The lowest BCUT2D eigenvalue weighted by atomic mass is 10.2. The summed E-state index contributed by atoms with van der Waals surface area (Å²) in [6.45, 7) is 7.03. The van der Waals surface area contributed by atoms with Crippen molar-refractivity contribution in [3.63, 3.8) is 0 Å². The summed E-state index contributed by atoms with van der Waals surface area (Å²) >= 11 is 0. The van der Waals surface area contributed by atoms with Crippen molar-refractivity contribution in [1.29, 1.82) is 0 Å². The first kappa shape index (κ1) is 14.0. The van der Waals surface area contributed by atoms with Gasteiger partial charge in [-0.3, -0.25) is 4.90 Å². The Kier molecular flexibility index (Phi) is 6.01. The highest BCUT2D eigenvalue weighted by atomic mass is 16.5. The van der Waals surface area contributed by atoms with E-state index in [1.807, 2.05) is 0 Å². The van der Waals surface area contributed by atoms with Gasteiger partial charge < -0.3 is 10.1 Å². The molecule has 1 rings (SSSR count). The van der Waals surface area contributed by atoms with Crippen molar-refractivity contribution in [2.45, 2.75) is 19.9 Å². The molecule has 0 aliphatic rings. The van der Waals surface area contributed by atoms with Crippen LogP contribution in [-0.2, 0) is 4.74 Å². The number of aryl methyl sites for hydroxylation is 1. The first-order valence-electron chi connectivity index (χ1n) is 6.13. The molecule has 17 heavy (non-hydrogen) atoms. The molecule has 3 nitrogen and oxygen atoms in total. The van der Waals surface area contributed by atoms with Crippen molar-refractivity contribution in [2.24, 2.45) is 0 Å². The van der Waals surface area contributed by atoms with Gasteiger partial charge in [-0.05, 0) is 38.6 Å². The second kappa shape index (κ2) is 7.30. The van der Waals surface area contributed by atoms with E-state index in [1.54, 1.807) is 7.11 Å². The van der Waals surface area contributed by atoms with Crippen LogP contribution < -0.4 is 5.32 Å². The third kappa shape index (κ3) is 5.20. The molecule has 0 saturated carbocycles. The fraction of sp³-hybridized carbons (Fsp3) is 0.571. The number of hydrogen-bond acceptors (Lipinski definition) is 3. The molecule has 96 valence electrons. The Hall–Kier alpha value is -1.06. The lowest BCUT2D eigenvalue weighted by Crippen LogP contribution is -2.36. The van der Waals surface area contributed by atoms with Crippen molar-refractivity contribution >= 4 is 5.69 Å². The van der Waals surface area contributed by atoms with E-state index in [2.05, 4.69) is 55.4 Å². The second-order valence-corrected chi connectivity index (χ2v) is 4.57. The summed E-state index contributed by atoms with van der Waals surface area (Å²) in [7, 11) is 3.87. The molecule has 0 bridgehead atoms. The van der Waals surface area contributed by atoms with Gasteiger partial charge in [0, 0.05) is 31.9 Å². The van der Waals surface area contributed by atoms with Crippen molar-refractivity contribution in [3.05, 3.63) is 29.8 Å². The number of rotatable bonds is 7. The topological polar surface area (TPSA) is 24.5 Å². The maximum atomic E-state index is 5.08. The van der Waals surface area contributed by atoms with Gasteiger partial charge in [0.1, 0.15) is 0 Å². The lowest BCUT2D eigenvalue weighted by Gasteiger charge is -2.25. The fourth-order valence-corrected chi connectivity index (χ4v) is 1.63. The maximum Gasteiger partial charge on any atom is 0.0589 e. The van der Waals surface area contributed by atoms with Gasteiger partial charge in [-0.25, -0.2) is 0 Å². The molecule has 1 aromatic rings. The predicted molar refractivity (Wildman–Crippen MR) is 73.6 cm³/mol. The normalized spacial score (nSPS) is 12.8. The predicted octanol–water partition coefficient (Wildman–Crippen LogP) is 2.37. The largest absolute Gasteiger partial charge is 0.383 e. The van der Waals surface area contributed by atoms with Gasteiger partial charge >= 0.3 is 0 Å². The van der Waals surface area contributed by atoms with E-state index in [0.717, 1.165) is 19.7 Å². The number of methoxy groups -OCH3 is 1. The van der Waals surface area contributed by atoms with Crippen molar-refractivity contribution < 1.29 is 4.74 Å². The quantitative estimate of drug-likeness (QED) is 0.786. The number of likely N-dealkylation sites (N-methyl/N-ethyl adjacent to an activating group) is 1. The summed E-state index contributed by atoms with van der Waals surface area (Å²) in [5.41, 5.74) is 2.48. The average Bonchev–Trinajstić information content (AvgIpc) is 2.33. The molecular formula is C14H24N2O. The maximum absolute atomic E-state index is 5.08. The first-order valence-corrected chi connectivity index (χ1v) is 6.13. The third-order valence-electron chi connectivity index (χ3n) is 3.02. The first-order chi connectivity index (χ1) is 8.13. The number of anilines is 1. The number of nitrogens with one attached hydrogen (secondary N) is 1. The fourth-order valence-electron chi connectivity index (χ4n) is 1.63. The Balaban J connectivity index is 2.34. The summed E-state index contributed by atoms with van der Waals surface area (Å²) in [5, 5.41) is 3.46. The average molecular weight is 236 g/mol. The Morgan fingerprint density at radius 2 is 2.18 bits per heavy atom. The molecular weight excluding hydrogens is 212 g/mol. The molecule has 1 atom stereocenters. The molecule has 0 radical (unpaired) electrons. The second-order valence-electron chi connectivity index (χ2n) is 4.57. The van der Waals surface area contributed by atoms with E-state index in [0.29, 0.717) is 6.04 Å². The van der Waals surface area contributed by atoms with E-state index < -0.39 is 0 Å². The summed E-state index contributed by atoms with van der Waals surface area (Å²) in [6, 6.07) is 8.96. The zero-order valence-electron chi connectivity index (χ0n) is 11.4. The van der Waals surface area contributed by atoms with Gasteiger partial charge in [-0.15, -0.1) is 0 Å². The van der Waals surface area contributed by atoms with Crippen LogP contribution in [0.1, 0.15) is 12.5 Å². The van der Waals surface area contributed by atoms with Crippen LogP contribution >= 0.6 is 0 Å².